The second-order valence-electron chi connectivity index (χ2n) is 6.08. The molecule has 0 atom stereocenters. The molecule has 0 aromatic heterocycles. The van der Waals surface area contributed by atoms with Crippen LogP contribution < -0.4 is 10.4 Å². The highest BCUT2D eigenvalue weighted by atomic mass is 28.3. The van der Waals surface area contributed by atoms with Crippen LogP contribution >= 0.6 is 0 Å². The Labute approximate surface area is 130 Å². The van der Waals surface area contributed by atoms with Gasteiger partial charge in [0.1, 0.15) is 0 Å². The lowest BCUT2D eigenvalue weighted by Gasteiger charge is -2.22. The first-order chi connectivity index (χ1) is 9.85. The Bertz CT molecular complexity index is 570. The molecule has 0 spiro atoms. The summed E-state index contributed by atoms with van der Waals surface area (Å²) >= 11 is 0. The maximum atomic E-state index is 6.03. The van der Waals surface area contributed by atoms with Gasteiger partial charge in [-0.15, -0.1) is 0 Å². The van der Waals surface area contributed by atoms with Crippen LogP contribution in [0.15, 0.2) is 24.3 Å². The molecule has 0 N–H and O–H groups in total. The summed E-state index contributed by atoms with van der Waals surface area (Å²) in [6.45, 7) is 13.1. The molecule has 21 heavy (non-hydrogen) atoms. The molecule has 1 nitrogen and oxygen atoms in total. The summed E-state index contributed by atoms with van der Waals surface area (Å²) < 4.78 is 6.03. The number of aryl methyl sites for hydroxylation is 6. The molecule has 2 heteroatoms. The van der Waals surface area contributed by atoms with Crippen molar-refractivity contribution >= 4 is 19.4 Å². The smallest absolute Gasteiger partial charge is 0.283 e. The Morgan fingerprint density at radius 2 is 0.905 bits per heavy atom. The van der Waals surface area contributed by atoms with E-state index in [9.17, 15) is 0 Å². The van der Waals surface area contributed by atoms with E-state index >= 15 is 0 Å². The van der Waals surface area contributed by atoms with Crippen molar-refractivity contribution in [3.8, 4) is 0 Å². The number of hydrogen-bond donors (Lipinski definition) is 0. The summed E-state index contributed by atoms with van der Waals surface area (Å²) in [7, 11) is 0.660. The third-order valence-corrected chi connectivity index (χ3v) is 6.91. The highest BCUT2D eigenvalue weighted by molar-refractivity contribution is 6.81. The molecule has 0 aliphatic rings. The number of hydrogen-bond acceptors (Lipinski definition) is 1. The van der Waals surface area contributed by atoms with Gasteiger partial charge in [-0.25, -0.2) is 0 Å². The molecule has 0 heterocycles. The van der Waals surface area contributed by atoms with Crippen molar-refractivity contribution in [1.82, 2.24) is 0 Å². The molecular weight excluding hydrogens is 272 g/mol. The Balaban J connectivity index is 2.66. The molecular formula is C19H25OSi. The number of rotatable bonds is 3. The average Bonchev–Trinajstić information content (AvgIpc) is 2.34. The SMILES string of the molecule is CO[Si](c1c(C)cc(C)cc1C)c1c(C)cc(C)cc1C. The quantitative estimate of drug-likeness (QED) is 0.790. The van der Waals surface area contributed by atoms with E-state index in [2.05, 4.69) is 65.8 Å². The van der Waals surface area contributed by atoms with Gasteiger partial charge in [-0.2, -0.15) is 0 Å². The second kappa shape index (κ2) is 6.16. The van der Waals surface area contributed by atoms with E-state index in [0.29, 0.717) is 0 Å². The molecule has 2 aromatic carbocycles. The summed E-state index contributed by atoms with van der Waals surface area (Å²) in [6, 6.07) is 9.07. The van der Waals surface area contributed by atoms with Crippen LogP contribution in [0.1, 0.15) is 33.4 Å². The molecule has 111 valence electrons. The molecule has 0 amide bonds. The Morgan fingerprint density at radius 1 is 0.619 bits per heavy atom. The molecule has 0 unspecified atom stereocenters. The molecule has 2 aromatic rings. The van der Waals surface area contributed by atoms with E-state index in [1.165, 1.54) is 43.8 Å². The zero-order valence-corrected chi connectivity index (χ0v) is 15.2. The molecule has 0 aliphatic heterocycles. The van der Waals surface area contributed by atoms with Gasteiger partial charge in [0.05, 0.1) is 0 Å². The largest absolute Gasteiger partial charge is 0.411 e. The summed E-state index contributed by atoms with van der Waals surface area (Å²) in [6.07, 6.45) is 0. The summed E-state index contributed by atoms with van der Waals surface area (Å²) in [5.74, 6) is 0. The molecule has 0 saturated carbocycles. The van der Waals surface area contributed by atoms with E-state index in [-0.39, 0.29) is 0 Å². The van der Waals surface area contributed by atoms with E-state index in [1.807, 2.05) is 7.11 Å². The lowest BCUT2D eigenvalue weighted by Crippen LogP contribution is -2.49. The summed E-state index contributed by atoms with van der Waals surface area (Å²) in [4.78, 5) is 0. The van der Waals surface area contributed by atoms with Crippen molar-refractivity contribution in [2.45, 2.75) is 41.5 Å². The lowest BCUT2D eigenvalue weighted by atomic mass is 10.1. The molecule has 0 aliphatic carbocycles. The predicted octanol–water partition coefficient (Wildman–Crippen LogP) is 3.29. The van der Waals surface area contributed by atoms with Crippen molar-refractivity contribution in [3.63, 3.8) is 0 Å². The van der Waals surface area contributed by atoms with Gasteiger partial charge in [0, 0.05) is 7.11 Å². The van der Waals surface area contributed by atoms with Gasteiger partial charge in [0.15, 0.2) is 0 Å². The highest BCUT2D eigenvalue weighted by Gasteiger charge is 2.25. The Kier molecular flexibility index (Phi) is 4.69. The van der Waals surface area contributed by atoms with Crippen LogP contribution in [0.3, 0.4) is 0 Å². The minimum absolute atomic E-state index is 1.19. The average molecular weight is 297 g/mol. The van der Waals surface area contributed by atoms with Crippen molar-refractivity contribution in [2.75, 3.05) is 7.11 Å². The summed E-state index contributed by atoms with van der Waals surface area (Å²) in [5, 5.41) is 2.81. The Morgan fingerprint density at radius 3 is 1.14 bits per heavy atom. The zero-order chi connectivity index (χ0) is 15.7. The van der Waals surface area contributed by atoms with E-state index in [4.69, 9.17) is 4.43 Å². The minimum Gasteiger partial charge on any atom is -0.411 e. The Hall–Kier alpha value is -1.38. The molecule has 0 bridgehead atoms. The monoisotopic (exact) mass is 297 g/mol. The van der Waals surface area contributed by atoms with Crippen LogP contribution in [-0.2, 0) is 4.43 Å². The lowest BCUT2D eigenvalue weighted by molar-refractivity contribution is 0.438. The molecule has 0 fully saturated rings. The minimum atomic E-state index is -1.19. The molecule has 1 radical (unpaired) electrons. The van der Waals surface area contributed by atoms with Gasteiger partial charge in [-0.1, -0.05) is 35.4 Å². The number of benzene rings is 2. The first-order valence-electron chi connectivity index (χ1n) is 7.42. The third kappa shape index (κ3) is 3.12. The van der Waals surface area contributed by atoms with E-state index in [0.717, 1.165) is 0 Å². The first-order valence-corrected chi connectivity index (χ1v) is 8.83. The standard InChI is InChI=1S/C19H25OSi/c1-12-8-14(3)18(15(4)9-12)21(20-7)19-16(5)10-13(2)11-17(19)6/h8-11H,1-7H3. The highest BCUT2D eigenvalue weighted by Crippen LogP contribution is 2.12. The van der Waals surface area contributed by atoms with Crippen molar-refractivity contribution in [3.05, 3.63) is 57.6 Å². The van der Waals surface area contributed by atoms with Gasteiger partial charge in [0.25, 0.3) is 9.04 Å². The second-order valence-corrected chi connectivity index (χ2v) is 8.15. The van der Waals surface area contributed by atoms with E-state index < -0.39 is 9.04 Å². The topological polar surface area (TPSA) is 9.23 Å². The van der Waals surface area contributed by atoms with Gasteiger partial charge in [-0.05, 0) is 74.2 Å². The fourth-order valence-electron chi connectivity index (χ4n) is 3.41. The van der Waals surface area contributed by atoms with Crippen LogP contribution in [-0.4, -0.2) is 16.2 Å². The van der Waals surface area contributed by atoms with Crippen LogP contribution in [0, 0.1) is 41.5 Å². The van der Waals surface area contributed by atoms with Gasteiger partial charge in [0.2, 0.25) is 0 Å². The fourth-order valence-corrected chi connectivity index (χ4v) is 5.79. The van der Waals surface area contributed by atoms with Crippen LogP contribution in [0.2, 0.25) is 0 Å². The normalized spacial score (nSPS) is 11.2. The van der Waals surface area contributed by atoms with Gasteiger partial charge < -0.3 is 4.43 Å². The summed E-state index contributed by atoms with van der Waals surface area (Å²) in [5.41, 5.74) is 8.04. The van der Waals surface area contributed by atoms with Crippen LogP contribution in [0.4, 0.5) is 0 Å². The first kappa shape index (κ1) is 16.0. The van der Waals surface area contributed by atoms with Crippen molar-refractivity contribution in [1.29, 1.82) is 0 Å². The van der Waals surface area contributed by atoms with Crippen molar-refractivity contribution in [2.24, 2.45) is 0 Å². The van der Waals surface area contributed by atoms with Crippen LogP contribution in [0.25, 0.3) is 0 Å². The molecule has 2 rings (SSSR count). The third-order valence-electron chi connectivity index (χ3n) is 4.01. The zero-order valence-electron chi connectivity index (χ0n) is 14.2. The maximum absolute atomic E-state index is 6.03. The maximum Gasteiger partial charge on any atom is 0.283 e. The van der Waals surface area contributed by atoms with Gasteiger partial charge in [-0.3, -0.25) is 0 Å². The van der Waals surface area contributed by atoms with Gasteiger partial charge >= 0.3 is 0 Å². The molecule has 0 saturated heterocycles. The fraction of sp³-hybridized carbons (Fsp3) is 0.368. The van der Waals surface area contributed by atoms with Crippen LogP contribution in [0.5, 0.6) is 0 Å². The predicted molar refractivity (Wildman–Crippen MR) is 93.3 cm³/mol. The van der Waals surface area contributed by atoms with E-state index in [1.54, 1.807) is 0 Å². The van der Waals surface area contributed by atoms with Crippen molar-refractivity contribution < 1.29 is 4.43 Å².